The molecular weight excluding hydrogens is 256 g/mol. The van der Waals surface area contributed by atoms with Crippen LogP contribution < -0.4 is 14.8 Å². The van der Waals surface area contributed by atoms with Crippen molar-refractivity contribution in [1.82, 2.24) is 10.2 Å². The maximum atomic E-state index is 12.4. The molecule has 1 amide bonds. The predicted octanol–water partition coefficient (Wildman–Crippen LogP) is 0.894. The molecule has 1 aromatic carbocycles. The van der Waals surface area contributed by atoms with Gasteiger partial charge in [-0.15, -0.1) is 0 Å². The van der Waals surface area contributed by atoms with E-state index in [9.17, 15) is 4.79 Å². The molecule has 2 heterocycles. The van der Waals surface area contributed by atoms with Crippen molar-refractivity contribution in [1.29, 1.82) is 0 Å². The molecule has 2 aliphatic heterocycles. The summed E-state index contributed by atoms with van der Waals surface area (Å²) in [5.41, 5.74) is 0. The summed E-state index contributed by atoms with van der Waals surface area (Å²) in [5, 5.41) is 3.32. The molecule has 5 nitrogen and oxygen atoms in total. The number of benzene rings is 1. The lowest BCUT2D eigenvalue weighted by Crippen LogP contribution is -2.46. The summed E-state index contributed by atoms with van der Waals surface area (Å²) >= 11 is 0. The Bertz CT molecular complexity index is 486. The van der Waals surface area contributed by atoms with Gasteiger partial charge in [0.25, 0.3) is 5.91 Å². The fraction of sp³-hybridized carbons (Fsp3) is 0.533. The largest absolute Gasteiger partial charge is 0.485 e. The molecule has 0 bridgehead atoms. The molecule has 3 rings (SSSR count). The normalized spacial score (nSPS) is 24.4. The number of rotatable bonds is 3. The molecule has 1 N–H and O–H groups in total. The van der Waals surface area contributed by atoms with Crippen molar-refractivity contribution in [3.05, 3.63) is 24.3 Å². The third kappa shape index (κ3) is 2.72. The smallest absolute Gasteiger partial charge is 0.267 e. The minimum absolute atomic E-state index is 0.00796. The van der Waals surface area contributed by atoms with Crippen LogP contribution in [0.4, 0.5) is 0 Å². The zero-order valence-corrected chi connectivity index (χ0v) is 11.7. The molecule has 0 aliphatic carbocycles. The van der Waals surface area contributed by atoms with Crippen LogP contribution in [0.25, 0.3) is 0 Å². The SMILES string of the molecule is CN(CC1CCNC1)C(=O)C1COc2ccccc2O1. The van der Waals surface area contributed by atoms with Gasteiger partial charge in [0.2, 0.25) is 6.10 Å². The van der Waals surface area contributed by atoms with Gasteiger partial charge in [-0.25, -0.2) is 0 Å². The third-order valence-electron chi connectivity index (χ3n) is 3.85. The summed E-state index contributed by atoms with van der Waals surface area (Å²) in [6, 6.07) is 7.45. The Kier molecular flexibility index (Phi) is 3.78. The van der Waals surface area contributed by atoms with Crippen LogP contribution in [0, 0.1) is 5.92 Å². The Labute approximate surface area is 118 Å². The number of nitrogens with one attached hydrogen (secondary N) is 1. The first-order valence-corrected chi connectivity index (χ1v) is 7.08. The Hall–Kier alpha value is -1.75. The van der Waals surface area contributed by atoms with Gasteiger partial charge in [0, 0.05) is 13.6 Å². The first-order valence-electron chi connectivity index (χ1n) is 7.08. The number of para-hydroxylation sites is 2. The van der Waals surface area contributed by atoms with E-state index in [1.54, 1.807) is 4.90 Å². The zero-order chi connectivity index (χ0) is 13.9. The van der Waals surface area contributed by atoms with Crippen molar-refractivity contribution in [2.75, 3.05) is 33.3 Å². The molecule has 0 radical (unpaired) electrons. The lowest BCUT2D eigenvalue weighted by atomic mass is 10.1. The number of fused-ring (bicyclic) bond motifs is 1. The average molecular weight is 276 g/mol. The molecule has 108 valence electrons. The zero-order valence-electron chi connectivity index (χ0n) is 11.7. The summed E-state index contributed by atoms with van der Waals surface area (Å²) in [5.74, 6) is 1.89. The molecule has 0 saturated carbocycles. The third-order valence-corrected chi connectivity index (χ3v) is 3.85. The minimum Gasteiger partial charge on any atom is -0.485 e. The van der Waals surface area contributed by atoms with Gasteiger partial charge >= 0.3 is 0 Å². The van der Waals surface area contributed by atoms with Crippen LogP contribution >= 0.6 is 0 Å². The first kappa shape index (κ1) is 13.2. The number of hydrogen-bond acceptors (Lipinski definition) is 4. The van der Waals surface area contributed by atoms with E-state index in [4.69, 9.17) is 9.47 Å². The van der Waals surface area contributed by atoms with Gasteiger partial charge in [-0.05, 0) is 37.6 Å². The van der Waals surface area contributed by atoms with Crippen LogP contribution in [0.2, 0.25) is 0 Å². The maximum Gasteiger partial charge on any atom is 0.267 e. The van der Waals surface area contributed by atoms with Gasteiger partial charge in [-0.1, -0.05) is 12.1 Å². The molecule has 1 aromatic rings. The van der Waals surface area contributed by atoms with Crippen LogP contribution in [0.15, 0.2) is 24.3 Å². The molecular formula is C15H20N2O3. The Morgan fingerprint density at radius 1 is 1.40 bits per heavy atom. The van der Waals surface area contributed by atoms with Crippen LogP contribution in [0.5, 0.6) is 11.5 Å². The number of amides is 1. The lowest BCUT2D eigenvalue weighted by Gasteiger charge is -2.29. The van der Waals surface area contributed by atoms with Crippen LogP contribution in [0.3, 0.4) is 0 Å². The summed E-state index contributed by atoms with van der Waals surface area (Å²) in [6.07, 6.45) is 0.590. The number of nitrogens with zero attached hydrogens (tertiary/aromatic N) is 1. The van der Waals surface area contributed by atoms with Crippen molar-refractivity contribution >= 4 is 5.91 Å². The van der Waals surface area contributed by atoms with E-state index >= 15 is 0 Å². The predicted molar refractivity (Wildman–Crippen MR) is 75.0 cm³/mol. The quantitative estimate of drug-likeness (QED) is 0.891. The van der Waals surface area contributed by atoms with Crippen molar-refractivity contribution in [3.8, 4) is 11.5 Å². The van der Waals surface area contributed by atoms with Crippen LogP contribution in [-0.4, -0.2) is 50.2 Å². The number of carbonyl (C=O) groups is 1. The van der Waals surface area contributed by atoms with Gasteiger partial charge in [-0.3, -0.25) is 4.79 Å². The molecule has 0 aromatic heterocycles. The second kappa shape index (κ2) is 5.71. The summed E-state index contributed by atoms with van der Waals surface area (Å²) < 4.78 is 11.3. The fourth-order valence-electron chi connectivity index (χ4n) is 2.73. The number of likely N-dealkylation sites (N-methyl/N-ethyl adjacent to an activating group) is 1. The highest BCUT2D eigenvalue weighted by Gasteiger charge is 2.30. The van der Waals surface area contributed by atoms with Gasteiger partial charge in [0.15, 0.2) is 11.5 Å². The van der Waals surface area contributed by atoms with E-state index in [1.165, 1.54) is 0 Å². The van der Waals surface area contributed by atoms with E-state index in [0.717, 1.165) is 26.1 Å². The molecule has 5 heteroatoms. The molecule has 0 spiro atoms. The van der Waals surface area contributed by atoms with Crippen molar-refractivity contribution < 1.29 is 14.3 Å². The molecule has 1 saturated heterocycles. The number of hydrogen-bond donors (Lipinski definition) is 1. The van der Waals surface area contributed by atoms with Crippen molar-refractivity contribution in [3.63, 3.8) is 0 Å². The first-order chi connectivity index (χ1) is 9.74. The number of carbonyl (C=O) groups excluding carboxylic acids is 1. The maximum absolute atomic E-state index is 12.4. The highest BCUT2D eigenvalue weighted by molar-refractivity contribution is 5.81. The second-order valence-corrected chi connectivity index (χ2v) is 5.44. The summed E-state index contributed by atoms with van der Waals surface area (Å²) in [7, 11) is 1.84. The highest BCUT2D eigenvalue weighted by Crippen LogP contribution is 2.31. The van der Waals surface area contributed by atoms with Gasteiger partial charge in [-0.2, -0.15) is 0 Å². The Balaban J connectivity index is 1.60. The van der Waals surface area contributed by atoms with E-state index in [1.807, 2.05) is 31.3 Å². The minimum atomic E-state index is -0.538. The lowest BCUT2D eigenvalue weighted by molar-refractivity contribution is -0.140. The highest BCUT2D eigenvalue weighted by atomic mass is 16.6. The van der Waals surface area contributed by atoms with Crippen LogP contribution in [0.1, 0.15) is 6.42 Å². The summed E-state index contributed by atoms with van der Waals surface area (Å²) in [4.78, 5) is 14.2. The molecule has 2 aliphatic rings. The number of ether oxygens (including phenoxy) is 2. The fourth-order valence-corrected chi connectivity index (χ4v) is 2.73. The van der Waals surface area contributed by atoms with E-state index in [2.05, 4.69) is 5.32 Å². The summed E-state index contributed by atoms with van der Waals surface area (Å²) in [6.45, 7) is 3.09. The molecule has 2 atom stereocenters. The molecule has 20 heavy (non-hydrogen) atoms. The second-order valence-electron chi connectivity index (χ2n) is 5.44. The van der Waals surface area contributed by atoms with E-state index in [-0.39, 0.29) is 12.5 Å². The van der Waals surface area contributed by atoms with Gasteiger partial charge in [0.1, 0.15) is 6.61 Å². The standard InChI is InChI=1S/C15H20N2O3/c1-17(9-11-6-7-16-8-11)15(18)14-10-19-12-4-2-3-5-13(12)20-14/h2-5,11,14,16H,6-10H2,1H3. The monoisotopic (exact) mass is 276 g/mol. The van der Waals surface area contributed by atoms with E-state index < -0.39 is 6.10 Å². The van der Waals surface area contributed by atoms with Crippen molar-refractivity contribution in [2.45, 2.75) is 12.5 Å². The Morgan fingerprint density at radius 3 is 2.95 bits per heavy atom. The topological polar surface area (TPSA) is 50.8 Å². The Morgan fingerprint density at radius 2 is 2.20 bits per heavy atom. The molecule has 1 fully saturated rings. The van der Waals surface area contributed by atoms with Gasteiger partial charge < -0.3 is 19.7 Å². The van der Waals surface area contributed by atoms with Gasteiger partial charge in [0.05, 0.1) is 0 Å². The average Bonchev–Trinajstić information content (AvgIpc) is 2.99. The molecule has 2 unspecified atom stereocenters. The van der Waals surface area contributed by atoms with Crippen LogP contribution in [-0.2, 0) is 4.79 Å². The van der Waals surface area contributed by atoms with E-state index in [0.29, 0.717) is 17.4 Å². The van der Waals surface area contributed by atoms with Crippen molar-refractivity contribution in [2.24, 2.45) is 5.92 Å².